The number of halogens is 1. The number of hydrogen-bond acceptors (Lipinski definition) is 2. The molecule has 1 heterocycles. The molecule has 1 aromatic carbocycles. The molecule has 1 atom stereocenters. The average Bonchev–Trinajstić information content (AvgIpc) is 2.85. The van der Waals surface area contributed by atoms with E-state index in [9.17, 15) is 4.39 Å². The smallest absolute Gasteiger partial charge is 0.113 e. The van der Waals surface area contributed by atoms with Crippen LogP contribution in [0.4, 0.5) is 4.39 Å². The number of alkyl halides is 1. The number of rotatable bonds is 5. The molecule has 2 rings (SSSR count). The Morgan fingerprint density at radius 2 is 1.95 bits per heavy atom. The SMILES string of the molecule is CCC1(C(C)(C)F)CN=C(c2ccc(CNC)cc2)C1. The molecule has 0 saturated carbocycles. The molecule has 0 radical (unpaired) electrons. The van der Waals surface area contributed by atoms with Crippen LogP contribution in [0.3, 0.4) is 0 Å². The van der Waals surface area contributed by atoms with E-state index in [4.69, 9.17) is 0 Å². The second-order valence-corrected chi connectivity index (χ2v) is 6.27. The van der Waals surface area contributed by atoms with Crippen LogP contribution in [-0.4, -0.2) is 25.0 Å². The van der Waals surface area contributed by atoms with Crippen molar-refractivity contribution in [3.8, 4) is 0 Å². The first-order valence-corrected chi connectivity index (χ1v) is 7.38. The third-order valence-corrected chi connectivity index (χ3v) is 4.68. The fraction of sp³-hybridized carbons (Fsp3) is 0.588. The molecule has 1 unspecified atom stereocenters. The van der Waals surface area contributed by atoms with Gasteiger partial charge in [0, 0.05) is 30.6 Å². The summed E-state index contributed by atoms with van der Waals surface area (Å²) in [4.78, 5) is 4.63. The van der Waals surface area contributed by atoms with Crippen LogP contribution in [0.15, 0.2) is 29.3 Å². The zero-order valence-corrected chi connectivity index (χ0v) is 13.0. The minimum absolute atomic E-state index is 0.341. The van der Waals surface area contributed by atoms with Crippen molar-refractivity contribution in [3.05, 3.63) is 35.4 Å². The van der Waals surface area contributed by atoms with Crippen LogP contribution in [0.25, 0.3) is 0 Å². The quantitative estimate of drug-likeness (QED) is 0.870. The largest absolute Gasteiger partial charge is 0.316 e. The van der Waals surface area contributed by atoms with Crippen LogP contribution in [0.2, 0.25) is 0 Å². The highest BCUT2D eigenvalue weighted by atomic mass is 19.1. The molecule has 110 valence electrons. The molecule has 1 aliphatic rings. The summed E-state index contributed by atoms with van der Waals surface area (Å²) in [6.07, 6.45) is 1.56. The second-order valence-electron chi connectivity index (χ2n) is 6.27. The summed E-state index contributed by atoms with van der Waals surface area (Å²) in [5, 5.41) is 3.14. The molecule has 0 spiro atoms. The Balaban J connectivity index is 2.16. The minimum atomic E-state index is -1.20. The van der Waals surface area contributed by atoms with Gasteiger partial charge in [0.1, 0.15) is 5.67 Å². The molecule has 1 N–H and O–H groups in total. The Kier molecular flexibility index (Phi) is 4.28. The van der Waals surface area contributed by atoms with E-state index in [-0.39, 0.29) is 5.41 Å². The first-order valence-electron chi connectivity index (χ1n) is 7.38. The molecule has 1 aromatic rings. The van der Waals surface area contributed by atoms with Gasteiger partial charge in [0.15, 0.2) is 0 Å². The van der Waals surface area contributed by atoms with E-state index in [2.05, 4.69) is 41.5 Å². The maximum Gasteiger partial charge on any atom is 0.113 e. The molecule has 0 saturated heterocycles. The van der Waals surface area contributed by atoms with Crippen LogP contribution >= 0.6 is 0 Å². The Morgan fingerprint density at radius 1 is 1.30 bits per heavy atom. The summed E-state index contributed by atoms with van der Waals surface area (Å²) in [7, 11) is 1.94. The lowest BCUT2D eigenvalue weighted by Crippen LogP contribution is -2.40. The van der Waals surface area contributed by atoms with Gasteiger partial charge >= 0.3 is 0 Å². The van der Waals surface area contributed by atoms with Crippen LogP contribution < -0.4 is 5.32 Å². The number of hydrogen-bond donors (Lipinski definition) is 1. The van der Waals surface area contributed by atoms with Crippen molar-refractivity contribution in [2.45, 2.75) is 45.8 Å². The van der Waals surface area contributed by atoms with Crippen LogP contribution in [0.1, 0.15) is 44.7 Å². The summed E-state index contributed by atoms with van der Waals surface area (Å²) < 4.78 is 14.5. The number of nitrogens with one attached hydrogen (secondary N) is 1. The fourth-order valence-corrected chi connectivity index (χ4v) is 2.95. The van der Waals surface area contributed by atoms with Gasteiger partial charge in [-0.25, -0.2) is 4.39 Å². The molecule has 0 aromatic heterocycles. The second kappa shape index (κ2) is 5.65. The van der Waals surface area contributed by atoms with Crippen molar-refractivity contribution < 1.29 is 4.39 Å². The first-order chi connectivity index (χ1) is 9.42. The van der Waals surface area contributed by atoms with E-state index in [0.29, 0.717) is 6.54 Å². The maximum atomic E-state index is 14.5. The number of aliphatic imine (C=N–C) groups is 1. The van der Waals surface area contributed by atoms with Gasteiger partial charge in [-0.15, -0.1) is 0 Å². The van der Waals surface area contributed by atoms with E-state index in [0.717, 1.165) is 30.7 Å². The van der Waals surface area contributed by atoms with E-state index in [1.807, 2.05) is 7.05 Å². The van der Waals surface area contributed by atoms with Gasteiger partial charge in [0.25, 0.3) is 0 Å². The molecule has 0 aliphatic carbocycles. The van der Waals surface area contributed by atoms with E-state index in [1.165, 1.54) is 5.56 Å². The standard InChI is InChI=1S/C17H25FN2/c1-5-17(16(2,3)18)10-15(20-12-17)14-8-6-13(7-9-14)11-19-4/h6-9,19H,5,10-12H2,1-4H3. The minimum Gasteiger partial charge on any atom is -0.316 e. The van der Waals surface area contributed by atoms with Crippen molar-refractivity contribution in [2.24, 2.45) is 10.4 Å². The zero-order chi connectivity index (χ0) is 14.8. The van der Waals surface area contributed by atoms with Crippen molar-refractivity contribution in [2.75, 3.05) is 13.6 Å². The van der Waals surface area contributed by atoms with Gasteiger partial charge in [-0.05, 0) is 38.4 Å². The summed E-state index contributed by atoms with van der Waals surface area (Å²) in [6, 6.07) is 8.42. The molecule has 3 heteroatoms. The monoisotopic (exact) mass is 276 g/mol. The Morgan fingerprint density at radius 3 is 2.40 bits per heavy atom. The maximum absolute atomic E-state index is 14.5. The van der Waals surface area contributed by atoms with Gasteiger partial charge < -0.3 is 5.32 Å². The van der Waals surface area contributed by atoms with E-state index in [1.54, 1.807) is 13.8 Å². The summed E-state index contributed by atoms with van der Waals surface area (Å²) in [5.74, 6) is 0. The molecular formula is C17H25FN2. The topological polar surface area (TPSA) is 24.4 Å². The fourth-order valence-electron chi connectivity index (χ4n) is 2.95. The normalized spacial score (nSPS) is 22.9. The highest BCUT2D eigenvalue weighted by Crippen LogP contribution is 2.45. The molecule has 20 heavy (non-hydrogen) atoms. The summed E-state index contributed by atoms with van der Waals surface area (Å²) in [5.41, 5.74) is 1.89. The van der Waals surface area contributed by atoms with Crippen LogP contribution in [0.5, 0.6) is 0 Å². The Hall–Kier alpha value is -1.22. The molecule has 0 fully saturated rings. The average molecular weight is 276 g/mol. The predicted molar refractivity (Wildman–Crippen MR) is 83.1 cm³/mol. The zero-order valence-electron chi connectivity index (χ0n) is 13.0. The van der Waals surface area contributed by atoms with Gasteiger partial charge in [0.2, 0.25) is 0 Å². The lowest BCUT2D eigenvalue weighted by atomic mass is 9.70. The Bertz CT molecular complexity index is 485. The molecule has 2 nitrogen and oxygen atoms in total. The van der Waals surface area contributed by atoms with Gasteiger partial charge in [-0.3, -0.25) is 4.99 Å². The van der Waals surface area contributed by atoms with Gasteiger partial charge in [-0.2, -0.15) is 0 Å². The predicted octanol–water partition coefficient (Wildman–Crippen LogP) is 3.74. The molecule has 1 aliphatic heterocycles. The highest BCUT2D eigenvalue weighted by Gasteiger charge is 2.47. The summed E-state index contributed by atoms with van der Waals surface area (Å²) >= 11 is 0. The Labute approximate surface area is 121 Å². The molecule has 0 amide bonds. The van der Waals surface area contributed by atoms with Crippen molar-refractivity contribution in [1.82, 2.24) is 5.32 Å². The van der Waals surface area contributed by atoms with Gasteiger partial charge in [0.05, 0.1) is 0 Å². The third-order valence-electron chi connectivity index (χ3n) is 4.68. The van der Waals surface area contributed by atoms with E-state index < -0.39 is 5.67 Å². The lowest BCUT2D eigenvalue weighted by Gasteiger charge is -2.36. The van der Waals surface area contributed by atoms with Crippen LogP contribution in [0, 0.1) is 5.41 Å². The number of nitrogens with zero attached hydrogens (tertiary/aromatic N) is 1. The van der Waals surface area contributed by atoms with Crippen molar-refractivity contribution >= 4 is 5.71 Å². The lowest BCUT2D eigenvalue weighted by molar-refractivity contribution is 0.0377. The van der Waals surface area contributed by atoms with E-state index >= 15 is 0 Å². The van der Waals surface area contributed by atoms with Crippen LogP contribution in [-0.2, 0) is 6.54 Å². The van der Waals surface area contributed by atoms with Gasteiger partial charge in [-0.1, -0.05) is 31.2 Å². The van der Waals surface area contributed by atoms with Crippen molar-refractivity contribution in [3.63, 3.8) is 0 Å². The number of benzene rings is 1. The molecule has 0 bridgehead atoms. The highest BCUT2D eigenvalue weighted by molar-refractivity contribution is 6.02. The molecular weight excluding hydrogens is 251 g/mol. The first kappa shape index (κ1) is 15.2. The third kappa shape index (κ3) is 2.78. The van der Waals surface area contributed by atoms with Crippen molar-refractivity contribution in [1.29, 1.82) is 0 Å². The summed E-state index contributed by atoms with van der Waals surface area (Å²) in [6.45, 7) is 6.90.